The molecule has 0 saturated carbocycles. The minimum Gasteiger partial charge on any atom is -0.361 e. The number of thiocarbonyl (C=S) groups is 1. The molecular weight excluding hydrogens is 440 g/mol. The largest absolute Gasteiger partial charge is 0.361 e. The fourth-order valence-electron chi connectivity index (χ4n) is 3.59. The highest BCUT2D eigenvalue weighted by atomic mass is 35.5. The Morgan fingerprint density at radius 2 is 2.07 bits per heavy atom. The number of benzene rings is 2. The van der Waals surface area contributed by atoms with Crippen molar-refractivity contribution in [3.8, 4) is 0 Å². The van der Waals surface area contributed by atoms with Gasteiger partial charge in [0.25, 0.3) is 10.0 Å². The van der Waals surface area contributed by atoms with E-state index in [1.165, 1.54) is 6.42 Å². The molecule has 1 heterocycles. The van der Waals surface area contributed by atoms with Gasteiger partial charge < -0.3 is 10.6 Å². The van der Waals surface area contributed by atoms with Crippen LogP contribution in [0.1, 0.15) is 25.3 Å². The Morgan fingerprint density at radius 1 is 1.27 bits per heavy atom. The first-order valence-corrected chi connectivity index (χ1v) is 12.2. The lowest BCUT2D eigenvalue weighted by Gasteiger charge is -2.24. The summed E-state index contributed by atoms with van der Waals surface area (Å²) in [6, 6.07) is 12.0. The van der Waals surface area contributed by atoms with Gasteiger partial charge in [0.1, 0.15) is 0 Å². The van der Waals surface area contributed by atoms with E-state index >= 15 is 0 Å². The van der Waals surface area contributed by atoms with E-state index < -0.39 is 10.0 Å². The molecule has 3 rings (SSSR count). The van der Waals surface area contributed by atoms with Gasteiger partial charge in [-0.05, 0) is 81.0 Å². The molecule has 0 spiro atoms. The van der Waals surface area contributed by atoms with Gasteiger partial charge in [-0.25, -0.2) is 8.42 Å². The van der Waals surface area contributed by atoms with E-state index in [2.05, 4.69) is 27.2 Å². The van der Waals surface area contributed by atoms with Gasteiger partial charge in [-0.15, -0.1) is 0 Å². The second-order valence-electron chi connectivity index (χ2n) is 7.35. The van der Waals surface area contributed by atoms with Gasteiger partial charge in [-0.2, -0.15) is 0 Å². The van der Waals surface area contributed by atoms with Gasteiger partial charge in [0.05, 0.1) is 10.6 Å². The Kier molecular flexibility index (Phi) is 7.57. The Morgan fingerprint density at radius 3 is 2.80 bits per heavy atom. The lowest BCUT2D eigenvalue weighted by atomic mass is 10.2. The summed E-state index contributed by atoms with van der Waals surface area (Å²) in [7, 11) is -3.76. The molecule has 0 amide bonds. The normalized spacial score (nSPS) is 17.0. The van der Waals surface area contributed by atoms with Crippen LogP contribution in [-0.2, 0) is 10.0 Å². The van der Waals surface area contributed by atoms with Gasteiger partial charge in [0, 0.05) is 23.3 Å². The second kappa shape index (κ2) is 9.96. The molecule has 1 saturated heterocycles. The summed E-state index contributed by atoms with van der Waals surface area (Å²) in [5.74, 6) is 0. The predicted molar refractivity (Wildman–Crippen MR) is 128 cm³/mol. The van der Waals surface area contributed by atoms with Crippen molar-refractivity contribution in [2.75, 3.05) is 29.7 Å². The molecule has 1 fully saturated rings. The Bertz CT molecular complexity index is 1010. The van der Waals surface area contributed by atoms with Crippen LogP contribution >= 0.6 is 23.8 Å². The van der Waals surface area contributed by atoms with Crippen LogP contribution in [0.5, 0.6) is 0 Å². The molecule has 0 bridgehead atoms. The van der Waals surface area contributed by atoms with Crippen molar-refractivity contribution >= 4 is 50.3 Å². The molecule has 0 radical (unpaired) electrons. The zero-order chi connectivity index (χ0) is 21.7. The summed E-state index contributed by atoms with van der Waals surface area (Å²) in [5.41, 5.74) is 1.96. The second-order valence-corrected chi connectivity index (χ2v) is 9.88. The molecule has 6 nitrogen and oxygen atoms in total. The van der Waals surface area contributed by atoms with Gasteiger partial charge in [-0.1, -0.05) is 30.7 Å². The molecular formula is C21H27ClN4O2S2. The van der Waals surface area contributed by atoms with Crippen molar-refractivity contribution in [1.82, 2.24) is 10.2 Å². The molecule has 162 valence electrons. The average Bonchev–Trinajstić information content (AvgIpc) is 3.15. The Labute approximate surface area is 189 Å². The van der Waals surface area contributed by atoms with Crippen LogP contribution in [0.15, 0.2) is 47.4 Å². The number of aryl methyl sites for hydroxylation is 1. The van der Waals surface area contributed by atoms with Crippen LogP contribution in [0, 0.1) is 6.92 Å². The zero-order valence-electron chi connectivity index (χ0n) is 17.1. The molecule has 3 N–H and O–H groups in total. The summed E-state index contributed by atoms with van der Waals surface area (Å²) >= 11 is 11.4. The van der Waals surface area contributed by atoms with Crippen molar-refractivity contribution in [1.29, 1.82) is 0 Å². The standard InChI is InChI=1S/C21H27ClN4O2S2/c1-3-26-11-5-8-18(26)14-23-21(29)24-20-13-19(10-9-15(20)2)30(27,28)25-17-7-4-6-16(22)12-17/h4,6-7,9-10,12-13,18,25H,3,5,8,11,14H2,1-2H3,(H2,23,24,29)/t18-/m1/s1. The molecule has 0 unspecified atom stereocenters. The summed E-state index contributed by atoms with van der Waals surface area (Å²) in [5, 5.41) is 7.35. The molecule has 2 aromatic carbocycles. The SMILES string of the molecule is CCN1CCC[C@@H]1CNC(=S)Nc1cc(S(=O)(=O)Nc2cccc(Cl)c2)ccc1C. The van der Waals surface area contributed by atoms with Crippen LogP contribution in [0.3, 0.4) is 0 Å². The lowest BCUT2D eigenvalue weighted by Crippen LogP contribution is -2.41. The third kappa shape index (κ3) is 5.85. The van der Waals surface area contributed by atoms with Gasteiger partial charge >= 0.3 is 0 Å². The van der Waals surface area contributed by atoms with Crippen molar-refractivity contribution in [2.45, 2.75) is 37.6 Å². The molecule has 2 aromatic rings. The molecule has 9 heteroatoms. The van der Waals surface area contributed by atoms with Crippen molar-refractivity contribution in [3.05, 3.63) is 53.1 Å². The average molecular weight is 467 g/mol. The first-order chi connectivity index (χ1) is 14.3. The van der Waals surface area contributed by atoms with E-state index in [0.717, 1.165) is 31.6 Å². The molecule has 1 aliphatic heterocycles. The van der Waals surface area contributed by atoms with Crippen molar-refractivity contribution < 1.29 is 8.42 Å². The van der Waals surface area contributed by atoms with Crippen LogP contribution < -0.4 is 15.4 Å². The molecule has 0 aromatic heterocycles. The quantitative estimate of drug-likeness (QED) is 0.530. The van der Waals surface area contributed by atoms with Crippen LogP contribution in [0.2, 0.25) is 5.02 Å². The maximum absolute atomic E-state index is 12.8. The van der Waals surface area contributed by atoms with Crippen LogP contribution in [-0.4, -0.2) is 44.1 Å². The predicted octanol–water partition coefficient (Wildman–Crippen LogP) is 4.22. The number of hydrogen-bond donors (Lipinski definition) is 3. The maximum Gasteiger partial charge on any atom is 0.261 e. The van der Waals surface area contributed by atoms with E-state index in [4.69, 9.17) is 23.8 Å². The number of rotatable bonds is 7. The van der Waals surface area contributed by atoms with Crippen LogP contribution in [0.25, 0.3) is 0 Å². The van der Waals surface area contributed by atoms with E-state index in [1.807, 2.05) is 6.92 Å². The maximum atomic E-state index is 12.8. The molecule has 1 aliphatic rings. The fraction of sp³-hybridized carbons (Fsp3) is 0.381. The first kappa shape index (κ1) is 22.8. The highest BCUT2D eigenvalue weighted by Crippen LogP contribution is 2.24. The van der Waals surface area contributed by atoms with Gasteiger partial charge in [-0.3, -0.25) is 9.62 Å². The van der Waals surface area contributed by atoms with Crippen molar-refractivity contribution in [2.24, 2.45) is 0 Å². The number of anilines is 2. The number of hydrogen-bond acceptors (Lipinski definition) is 4. The Balaban J connectivity index is 1.67. The lowest BCUT2D eigenvalue weighted by molar-refractivity contribution is 0.267. The van der Waals surface area contributed by atoms with E-state index in [-0.39, 0.29) is 4.90 Å². The number of likely N-dealkylation sites (N-methyl/N-ethyl adjacent to an activating group) is 1. The monoisotopic (exact) mass is 466 g/mol. The number of halogens is 1. The summed E-state index contributed by atoms with van der Waals surface area (Å²) in [6.45, 7) is 7.00. The summed E-state index contributed by atoms with van der Waals surface area (Å²) in [4.78, 5) is 2.58. The van der Waals surface area contributed by atoms with E-state index in [1.54, 1.807) is 42.5 Å². The zero-order valence-corrected chi connectivity index (χ0v) is 19.5. The fourth-order valence-corrected chi connectivity index (χ4v) is 5.05. The number of nitrogens with one attached hydrogen (secondary N) is 3. The third-order valence-electron chi connectivity index (χ3n) is 5.25. The summed E-state index contributed by atoms with van der Waals surface area (Å²) in [6.07, 6.45) is 2.37. The van der Waals surface area contributed by atoms with E-state index in [9.17, 15) is 8.42 Å². The highest BCUT2D eigenvalue weighted by Gasteiger charge is 2.23. The smallest absolute Gasteiger partial charge is 0.261 e. The molecule has 30 heavy (non-hydrogen) atoms. The minimum absolute atomic E-state index is 0.145. The summed E-state index contributed by atoms with van der Waals surface area (Å²) < 4.78 is 28.1. The molecule has 0 aliphatic carbocycles. The topological polar surface area (TPSA) is 73.5 Å². The van der Waals surface area contributed by atoms with Gasteiger partial charge in [0.15, 0.2) is 5.11 Å². The molecule has 1 atom stereocenters. The van der Waals surface area contributed by atoms with Crippen molar-refractivity contribution in [3.63, 3.8) is 0 Å². The highest BCUT2D eigenvalue weighted by molar-refractivity contribution is 7.92. The first-order valence-electron chi connectivity index (χ1n) is 9.96. The minimum atomic E-state index is -3.76. The third-order valence-corrected chi connectivity index (χ3v) is 7.11. The number of nitrogens with zero attached hydrogens (tertiary/aromatic N) is 1. The number of likely N-dealkylation sites (tertiary alicyclic amines) is 1. The number of sulfonamides is 1. The van der Waals surface area contributed by atoms with Gasteiger partial charge in [0.2, 0.25) is 0 Å². The van der Waals surface area contributed by atoms with Crippen LogP contribution in [0.4, 0.5) is 11.4 Å². The Hall–Kier alpha value is -1.87. The van der Waals surface area contributed by atoms with E-state index in [0.29, 0.717) is 27.6 Å².